The molecule has 2 aliphatic heterocycles. The van der Waals surface area contributed by atoms with E-state index in [1.807, 2.05) is 6.92 Å². The van der Waals surface area contributed by atoms with Gasteiger partial charge in [0.1, 0.15) is 6.54 Å². The van der Waals surface area contributed by atoms with Crippen molar-refractivity contribution in [3.05, 3.63) is 28.7 Å². The van der Waals surface area contributed by atoms with Crippen LogP contribution in [0.2, 0.25) is 0 Å². The van der Waals surface area contributed by atoms with Crippen LogP contribution in [0.5, 0.6) is 11.5 Å². The van der Waals surface area contributed by atoms with Crippen LogP contribution < -0.4 is 9.47 Å². The van der Waals surface area contributed by atoms with Crippen molar-refractivity contribution in [2.75, 3.05) is 26.8 Å². The average molecular weight is 448 g/mol. The van der Waals surface area contributed by atoms with Crippen molar-refractivity contribution in [1.29, 1.82) is 0 Å². The standard InChI is InChI=1S/C21H24N2O7S/c1-13-5-3-4-8-22(13)18(24)11-23-20(27)17(31-21(23)28)10-14-6-7-15(16(9-14)29-2)30-12-19(25)26/h6-7,9-10,13H,3-5,8,11-12H2,1-2H3,(H,25,26)/b17-10-/t13-/m1/s1. The Labute approximate surface area is 184 Å². The highest BCUT2D eigenvalue weighted by Crippen LogP contribution is 2.34. The Morgan fingerprint density at radius 3 is 2.71 bits per heavy atom. The van der Waals surface area contributed by atoms with E-state index in [9.17, 15) is 19.2 Å². The topological polar surface area (TPSA) is 113 Å². The first-order chi connectivity index (χ1) is 14.8. The number of piperidine rings is 1. The van der Waals surface area contributed by atoms with Gasteiger partial charge in [-0.1, -0.05) is 6.07 Å². The first kappa shape index (κ1) is 22.7. The lowest BCUT2D eigenvalue weighted by atomic mass is 10.0. The van der Waals surface area contributed by atoms with Gasteiger partial charge in [0, 0.05) is 12.6 Å². The molecule has 0 saturated carbocycles. The van der Waals surface area contributed by atoms with Gasteiger partial charge < -0.3 is 19.5 Å². The molecule has 3 amide bonds. The molecule has 1 atom stereocenters. The molecule has 2 saturated heterocycles. The van der Waals surface area contributed by atoms with Crippen molar-refractivity contribution in [3.8, 4) is 11.5 Å². The van der Waals surface area contributed by atoms with Crippen LogP contribution in [0.25, 0.3) is 6.08 Å². The van der Waals surface area contributed by atoms with E-state index >= 15 is 0 Å². The van der Waals surface area contributed by atoms with Gasteiger partial charge in [0.25, 0.3) is 11.1 Å². The van der Waals surface area contributed by atoms with Gasteiger partial charge in [0.15, 0.2) is 18.1 Å². The number of benzene rings is 1. The number of ether oxygens (including phenoxy) is 2. The number of carboxylic acids is 1. The van der Waals surface area contributed by atoms with Crippen LogP contribution in [0.15, 0.2) is 23.1 Å². The highest BCUT2D eigenvalue weighted by molar-refractivity contribution is 8.18. The predicted molar refractivity (Wildman–Crippen MR) is 114 cm³/mol. The van der Waals surface area contributed by atoms with Crippen LogP contribution in [-0.2, 0) is 14.4 Å². The molecule has 2 heterocycles. The zero-order valence-electron chi connectivity index (χ0n) is 17.3. The van der Waals surface area contributed by atoms with Crippen molar-refractivity contribution in [1.82, 2.24) is 9.80 Å². The van der Waals surface area contributed by atoms with Gasteiger partial charge in [-0.2, -0.15) is 0 Å². The Morgan fingerprint density at radius 2 is 2.03 bits per heavy atom. The van der Waals surface area contributed by atoms with Crippen molar-refractivity contribution in [3.63, 3.8) is 0 Å². The Morgan fingerprint density at radius 1 is 1.26 bits per heavy atom. The number of imide groups is 1. The first-order valence-electron chi connectivity index (χ1n) is 9.87. The van der Waals surface area contributed by atoms with Gasteiger partial charge in [0.05, 0.1) is 12.0 Å². The number of hydrogen-bond acceptors (Lipinski definition) is 7. The summed E-state index contributed by atoms with van der Waals surface area (Å²) in [6.07, 6.45) is 4.44. The SMILES string of the molecule is COc1cc(/C=C2\SC(=O)N(CC(=O)N3CCCC[C@H]3C)C2=O)ccc1OCC(=O)O. The number of likely N-dealkylation sites (tertiary alicyclic amines) is 1. The Balaban J connectivity index is 1.72. The van der Waals surface area contributed by atoms with Crippen molar-refractivity contribution < 1.29 is 33.8 Å². The third-order valence-corrected chi connectivity index (χ3v) is 6.03. The molecule has 10 heteroatoms. The van der Waals surface area contributed by atoms with Crippen molar-refractivity contribution in [2.24, 2.45) is 0 Å². The molecule has 9 nitrogen and oxygen atoms in total. The normalized spacial score (nSPS) is 20.3. The molecule has 166 valence electrons. The van der Waals surface area contributed by atoms with Crippen molar-refractivity contribution in [2.45, 2.75) is 32.2 Å². The maximum Gasteiger partial charge on any atom is 0.341 e. The van der Waals surface area contributed by atoms with Crippen LogP contribution in [-0.4, -0.2) is 70.8 Å². The van der Waals surface area contributed by atoms with Gasteiger partial charge in [-0.15, -0.1) is 0 Å². The van der Waals surface area contributed by atoms with Crippen LogP contribution >= 0.6 is 11.8 Å². The minimum Gasteiger partial charge on any atom is -0.493 e. The number of thioether (sulfide) groups is 1. The summed E-state index contributed by atoms with van der Waals surface area (Å²) in [6.45, 7) is 1.83. The molecule has 0 aromatic heterocycles. The van der Waals surface area contributed by atoms with E-state index in [1.54, 1.807) is 17.0 Å². The second-order valence-corrected chi connectivity index (χ2v) is 8.29. The van der Waals surface area contributed by atoms with Crippen molar-refractivity contribution >= 4 is 40.9 Å². The fourth-order valence-electron chi connectivity index (χ4n) is 3.52. The fourth-order valence-corrected chi connectivity index (χ4v) is 4.35. The minimum atomic E-state index is -1.12. The van der Waals surface area contributed by atoms with E-state index in [0.717, 1.165) is 35.9 Å². The van der Waals surface area contributed by atoms with Gasteiger partial charge in [-0.3, -0.25) is 19.3 Å². The molecular formula is C21H24N2O7S. The molecule has 1 aromatic carbocycles. The van der Waals surface area contributed by atoms with Gasteiger partial charge in [-0.05, 0) is 61.7 Å². The smallest absolute Gasteiger partial charge is 0.341 e. The number of methoxy groups -OCH3 is 1. The van der Waals surface area contributed by atoms with E-state index in [0.29, 0.717) is 17.9 Å². The maximum absolute atomic E-state index is 12.7. The second kappa shape index (κ2) is 9.86. The summed E-state index contributed by atoms with van der Waals surface area (Å²) in [5.41, 5.74) is 0.570. The predicted octanol–water partition coefficient (Wildman–Crippen LogP) is 2.60. The zero-order chi connectivity index (χ0) is 22.5. The van der Waals surface area contributed by atoms with E-state index in [4.69, 9.17) is 14.6 Å². The molecule has 2 aliphatic rings. The third-order valence-electron chi connectivity index (χ3n) is 5.13. The molecule has 2 fully saturated rings. The van der Waals surface area contributed by atoms with E-state index in [1.165, 1.54) is 19.3 Å². The first-order valence-corrected chi connectivity index (χ1v) is 10.7. The van der Waals surface area contributed by atoms with E-state index < -0.39 is 23.7 Å². The number of nitrogens with zero attached hydrogens (tertiary/aromatic N) is 2. The van der Waals surface area contributed by atoms with E-state index in [-0.39, 0.29) is 29.1 Å². The highest BCUT2D eigenvalue weighted by atomic mass is 32.2. The van der Waals surface area contributed by atoms with Crippen LogP contribution in [0.4, 0.5) is 4.79 Å². The maximum atomic E-state index is 12.7. The highest BCUT2D eigenvalue weighted by Gasteiger charge is 2.38. The minimum absolute atomic E-state index is 0.103. The van der Waals surface area contributed by atoms with Crippen LogP contribution in [0, 0.1) is 0 Å². The van der Waals surface area contributed by atoms with Crippen LogP contribution in [0.1, 0.15) is 31.7 Å². The number of carboxylic acid groups (broad SMARTS) is 1. The number of carbonyl (C=O) groups excluding carboxylic acids is 3. The lowest BCUT2D eigenvalue weighted by Crippen LogP contribution is -2.47. The summed E-state index contributed by atoms with van der Waals surface area (Å²) >= 11 is 0.776. The zero-order valence-corrected chi connectivity index (χ0v) is 18.1. The summed E-state index contributed by atoms with van der Waals surface area (Å²) in [5, 5.41) is 8.26. The molecule has 0 spiro atoms. The third kappa shape index (κ3) is 5.38. The summed E-state index contributed by atoms with van der Waals surface area (Å²) in [5.74, 6) is -1.32. The lowest BCUT2D eigenvalue weighted by Gasteiger charge is -2.34. The monoisotopic (exact) mass is 448 g/mol. The number of carbonyl (C=O) groups is 4. The second-order valence-electron chi connectivity index (χ2n) is 7.29. The molecule has 0 bridgehead atoms. The molecule has 1 aromatic rings. The molecule has 3 rings (SSSR count). The Kier molecular flexibility index (Phi) is 7.21. The largest absolute Gasteiger partial charge is 0.493 e. The summed E-state index contributed by atoms with van der Waals surface area (Å²) in [6, 6.07) is 4.82. The lowest BCUT2D eigenvalue weighted by molar-refractivity contribution is -0.139. The molecule has 31 heavy (non-hydrogen) atoms. The number of hydrogen-bond donors (Lipinski definition) is 1. The molecule has 0 radical (unpaired) electrons. The molecule has 1 N–H and O–H groups in total. The Hall–Kier alpha value is -3.01. The number of rotatable bonds is 7. The summed E-state index contributed by atoms with van der Waals surface area (Å²) in [4.78, 5) is 51.3. The summed E-state index contributed by atoms with van der Waals surface area (Å²) in [7, 11) is 1.41. The van der Waals surface area contributed by atoms with Gasteiger partial charge >= 0.3 is 5.97 Å². The summed E-state index contributed by atoms with van der Waals surface area (Å²) < 4.78 is 10.4. The van der Waals surface area contributed by atoms with Crippen LogP contribution in [0.3, 0.4) is 0 Å². The molecular weight excluding hydrogens is 424 g/mol. The molecule has 0 unspecified atom stereocenters. The molecule has 0 aliphatic carbocycles. The Bertz CT molecular complexity index is 930. The quantitative estimate of drug-likeness (QED) is 0.633. The van der Waals surface area contributed by atoms with Gasteiger partial charge in [0.2, 0.25) is 5.91 Å². The van der Waals surface area contributed by atoms with E-state index in [2.05, 4.69) is 0 Å². The van der Waals surface area contributed by atoms with Gasteiger partial charge in [-0.25, -0.2) is 4.79 Å². The number of aliphatic carboxylic acids is 1. The fraction of sp³-hybridized carbons (Fsp3) is 0.429. The average Bonchev–Trinajstić information content (AvgIpc) is 3.00. The number of amides is 3.